The highest BCUT2D eigenvalue weighted by molar-refractivity contribution is 6.02. The maximum atomic E-state index is 11.0. The van der Waals surface area contributed by atoms with Crippen LogP contribution >= 0.6 is 0 Å². The molecule has 1 aromatic heterocycles. The number of aldehydes is 1. The first-order chi connectivity index (χ1) is 7.56. The lowest BCUT2D eigenvalue weighted by atomic mass is 10.0. The van der Waals surface area contributed by atoms with Crippen LogP contribution in [0.15, 0.2) is 18.3 Å². The largest absolute Gasteiger partial charge is 0.464 e. The third kappa shape index (κ3) is 1.31. The topological polar surface area (TPSA) is 59.3 Å². The van der Waals surface area contributed by atoms with E-state index in [9.17, 15) is 9.59 Å². The molecule has 0 aliphatic rings. The number of carbonyl (C=O) groups excluding carboxylic acids is 1. The quantitative estimate of drug-likeness (QED) is 0.747. The fraction of sp³-hybridized carbons (Fsp3) is 0.167. The molecule has 0 amide bonds. The minimum atomic E-state index is -1.04. The lowest BCUT2D eigenvalue weighted by Crippen LogP contribution is -2.07. The molecule has 1 N–H and O–H groups in total. The van der Waals surface area contributed by atoms with Gasteiger partial charge in [-0.05, 0) is 31.0 Å². The van der Waals surface area contributed by atoms with Crippen LogP contribution in [0.25, 0.3) is 10.9 Å². The van der Waals surface area contributed by atoms with Crippen LogP contribution < -0.4 is 0 Å². The van der Waals surface area contributed by atoms with Gasteiger partial charge in [0.2, 0.25) is 0 Å². The van der Waals surface area contributed by atoms with Crippen molar-refractivity contribution < 1.29 is 14.7 Å². The molecule has 16 heavy (non-hydrogen) atoms. The third-order valence-electron chi connectivity index (χ3n) is 2.73. The van der Waals surface area contributed by atoms with Crippen molar-refractivity contribution in [3.8, 4) is 0 Å². The SMILES string of the molecule is Cc1cc(C)c2c(ccn2C(=O)O)c1C=O. The van der Waals surface area contributed by atoms with Crippen molar-refractivity contribution in [1.82, 2.24) is 4.57 Å². The molecule has 0 fully saturated rings. The molecule has 0 aliphatic heterocycles. The average molecular weight is 217 g/mol. The molecule has 0 saturated heterocycles. The first kappa shape index (κ1) is 10.4. The van der Waals surface area contributed by atoms with Crippen molar-refractivity contribution in [1.29, 1.82) is 0 Å². The first-order valence-electron chi connectivity index (χ1n) is 4.86. The van der Waals surface area contributed by atoms with Crippen LogP contribution in [0.3, 0.4) is 0 Å². The Kier molecular flexibility index (Phi) is 2.27. The van der Waals surface area contributed by atoms with Gasteiger partial charge < -0.3 is 5.11 Å². The smallest absolute Gasteiger partial charge is 0.416 e. The summed E-state index contributed by atoms with van der Waals surface area (Å²) >= 11 is 0. The summed E-state index contributed by atoms with van der Waals surface area (Å²) in [4.78, 5) is 22.0. The highest BCUT2D eigenvalue weighted by Crippen LogP contribution is 2.25. The Morgan fingerprint density at radius 1 is 1.38 bits per heavy atom. The molecular weight excluding hydrogens is 206 g/mol. The molecule has 0 saturated carbocycles. The predicted molar refractivity (Wildman–Crippen MR) is 60.2 cm³/mol. The van der Waals surface area contributed by atoms with Gasteiger partial charge in [0.1, 0.15) is 0 Å². The van der Waals surface area contributed by atoms with Gasteiger partial charge in [0.15, 0.2) is 6.29 Å². The van der Waals surface area contributed by atoms with Gasteiger partial charge in [-0.2, -0.15) is 0 Å². The van der Waals surface area contributed by atoms with Crippen LogP contribution in [-0.4, -0.2) is 22.1 Å². The molecule has 82 valence electrons. The van der Waals surface area contributed by atoms with Crippen LogP contribution in [-0.2, 0) is 0 Å². The van der Waals surface area contributed by atoms with Gasteiger partial charge in [-0.25, -0.2) is 4.79 Å². The summed E-state index contributed by atoms with van der Waals surface area (Å²) in [5.41, 5.74) is 2.86. The zero-order valence-electron chi connectivity index (χ0n) is 9.02. The molecule has 4 nitrogen and oxygen atoms in total. The second kappa shape index (κ2) is 3.48. The molecule has 0 bridgehead atoms. The second-order valence-corrected chi connectivity index (χ2v) is 3.77. The van der Waals surface area contributed by atoms with Gasteiger partial charge in [-0.3, -0.25) is 9.36 Å². The van der Waals surface area contributed by atoms with Crippen molar-refractivity contribution in [3.05, 3.63) is 35.0 Å². The normalized spacial score (nSPS) is 10.6. The summed E-state index contributed by atoms with van der Waals surface area (Å²) in [6.45, 7) is 3.68. The van der Waals surface area contributed by atoms with Crippen LogP contribution in [0.4, 0.5) is 4.79 Å². The second-order valence-electron chi connectivity index (χ2n) is 3.77. The van der Waals surface area contributed by atoms with Crippen molar-refractivity contribution in [2.24, 2.45) is 0 Å². The number of aryl methyl sites for hydroxylation is 2. The number of benzene rings is 1. The Labute approximate surface area is 92.1 Å². The van der Waals surface area contributed by atoms with E-state index in [0.717, 1.165) is 22.0 Å². The lowest BCUT2D eigenvalue weighted by Gasteiger charge is -2.06. The predicted octanol–water partition coefficient (Wildman–Crippen LogP) is 2.60. The van der Waals surface area contributed by atoms with E-state index >= 15 is 0 Å². The van der Waals surface area contributed by atoms with Crippen molar-refractivity contribution in [2.75, 3.05) is 0 Å². The van der Waals surface area contributed by atoms with Crippen molar-refractivity contribution in [2.45, 2.75) is 13.8 Å². The van der Waals surface area contributed by atoms with E-state index in [-0.39, 0.29) is 0 Å². The monoisotopic (exact) mass is 217 g/mol. The van der Waals surface area contributed by atoms with E-state index in [0.29, 0.717) is 16.5 Å². The van der Waals surface area contributed by atoms with Gasteiger partial charge in [0.05, 0.1) is 5.52 Å². The Hall–Kier alpha value is -2.10. The van der Waals surface area contributed by atoms with Crippen molar-refractivity contribution in [3.63, 3.8) is 0 Å². The average Bonchev–Trinajstić information content (AvgIpc) is 2.62. The maximum absolute atomic E-state index is 11.0. The van der Waals surface area contributed by atoms with Crippen LogP contribution in [0.1, 0.15) is 21.5 Å². The summed E-state index contributed by atoms with van der Waals surface area (Å²) in [6, 6.07) is 3.48. The molecule has 2 rings (SSSR count). The zero-order valence-corrected chi connectivity index (χ0v) is 9.02. The molecule has 0 radical (unpaired) electrons. The van der Waals surface area contributed by atoms with Gasteiger partial charge in [-0.1, -0.05) is 6.07 Å². The standard InChI is InChI=1S/C12H11NO3/c1-7-5-8(2)11-9(10(7)6-14)3-4-13(11)12(15)16/h3-6H,1-2H3,(H,15,16). The van der Waals surface area contributed by atoms with E-state index in [4.69, 9.17) is 5.11 Å². The van der Waals surface area contributed by atoms with Gasteiger partial charge in [0, 0.05) is 17.1 Å². The maximum Gasteiger partial charge on any atom is 0.416 e. The van der Waals surface area contributed by atoms with E-state index in [1.165, 1.54) is 6.20 Å². The third-order valence-corrected chi connectivity index (χ3v) is 2.73. The fourth-order valence-corrected chi connectivity index (χ4v) is 2.05. The van der Waals surface area contributed by atoms with Gasteiger partial charge in [-0.15, -0.1) is 0 Å². The Balaban J connectivity index is 2.95. The van der Waals surface area contributed by atoms with Gasteiger partial charge >= 0.3 is 6.09 Å². The first-order valence-corrected chi connectivity index (χ1v) is 4.86. The number of rotatable bonds is 1. The minimum Gasteiger partial charge on any atom is -0.464 e. The fourth-order valence-electron chi connectivity index (χ4n) is 2.05. The van der Waals surface area contributed by atoms with Gasteiger partial charge in [0.25, 0.3) is 0 Å². The van der Waals surface area contributed by atoms with Crippen LogP contribution in [0.2, 0.25) is 0 Å². The lowest BCUT2D eigenvalue weighted by molar-refractivity contribution is 0.112. The molecular formula is C12H11NO3. The number of carboxylic acid groups (broad SMARTS) is 1. The van der Waals surface area contributed by atoms with E-state index in [2.05, 4.69) is 0 Å². The summed E-state index contributed by atoms with van der Waals surface area (Å²) in [7, 11) is 0. The minimum absolute atomic E-state index is 0.556. The summed E-state index contributed by atoms with van der Waals surface area (Å²) < 4.78 is 1.14. The summed E-state index contributed by atoms with van der Waals surface area (Å²) in [5.74, 6) is 0. The van der Waals surface area contributed by atoms with E-state index in [1.807, 2.05) is 19.9 Å². The molecule has 4 heteroatoms. The molecule has 0 spiro atoms. The van der Waals surface area contributed by atoms with Crippen molar-refractivity contribution >= 4 is 23.3 Å². The number of nitrogens with zero attached hydrogens (tertiary/aromatic N) is 1. The molecule has 1 heterocycles. The number of aromatic nitrogens is 1. The summed E-state index contributed by atoms with van der Waals surface area (Å²) in [5, 5.41) is 9.69. The number of fused-ring (bicyclic) bond motifs is 1. The Bertz CT molecular complexity index is 596. The zero-order chi connectivity index (χ0) is 11.9. The van der Waals surface area contributed by atoms with Crippen LogP contribution in [0, 0.1) is 13.8 Å². The number of hydrogen-bond acceptors (Lipinski definition) is 2. The van der Waals surface area contributed by atoms with E-state index in [1.54, 1.807) is 6.07 Å². The highest BCUT2D eigenvalue weighted by atomic mass is 16.4. The van der Waals surface area contributed by atoms with E-state index < -0.39 is 6.09 Å². The molecule has 0 atom stereocenters. The number of carbonyl (C=O) groups is 2. The Morgan fingerprint density at radius 3 is 2.62 bits per heavy atom. The molecule has 2 aromatic rings. The number of hydrogen-bond donors (Lipinski definition) is 1. The highest BCUT2D eigenvalue weighted by Gasteiger charge is 2.13. The molecule has 0 aliphatic carbocycles. The Morgan fingerprint density at radius 2 is 2.06 bits per heavy atom. The molecule has 1 aromatic carbocycles. The summed E-state index contributed by atoms with van der Waals surface area (Å²) in [6.07, 6.45) is 1.19. The van der Waals surface area contributed by atoms with Crippen LogP contribution in [0.5, 0.6) is 0 Å². The molecule has 0 unspecified atom stereocenters.